The van der Waals surface area contributed by atoms with Crippen LogP contribution in [0.2, 0.25) is 0 Å². The van der Waals surface area contributed by atoms with Crippen molar-refractivity contribution >= 4 is 29.9 Å². The summed E-state index contributed by atoms with van der Waals surface area (Å²) in [6, 6.07) is 9.34. The topological polar surface area (TPSA) is 78.6 Å². The first-order valence-electron chi connectivity index (χ1n) is 10.6. The van der Waals surface area contributed by atoms with E-state index in [1.807, 2.05) is 26.1 Å². The van der Waals surface area contributed by atoms with Gasteiger partial charge in [-0.25, -0.2) is 0 Å². The normalized spacial score (nSPS) is 11.8. The standard InChI is InChI=1S/C22H36N6O.HI/c1-7-20-26-21(29-27-20)19-10-8-18(9-11-19)12-13-24-22(23-6)25-14-15-28(16(2)3)17(4)5;/h8-11,16-17H,7,12-15H2,1-6H3,(H2,23,24,25);1H. The second-order valence-electron chi connectivity index (χ2n) is 7.67. The lowest BCUT2D eigenvalue weighted by molar-refractivity contribution is 0.178. The van der Waals surface area contributed by atoms with E-state index < -0.39 is 0 Å². The van der Waals surface area contributed by atoms with E-state index in [-0.39, 0.29) is 24.0 Å². The number of guanidine groups is 1. The summed E-state index contributed by atoms with van der Waals surface area (Å²) in [6.45, 7) is 13.6. The molecule has 1 aromatic carbocycles. The third kappa shape index (κ3) is 8.22. The zero-order chi connectivity index (χ0) is 21.2. The summed E-state index contributed by atoms with van der Waals surface area (Å²) < 4.78 is 5.29. The van der Waals surface area contributed by atoms with E-state index in [4.69, 9.17) is 4.52 Å². The van der Waals surface area contributed by atoms with Crippen molar-refractivity contribution in [2.45, 2.75) is 59.5 Å². The number of nitrogens with zero attached hydrogens (tertiary/aromatic N) is 4. The molecule has 30 heavy (non-hydrogen) atoms. The third-order valence-corrected chi connectivity index (χ3v) is 4.90. The van der Waals surface area contributed by atoms with Crippen LogP contribution in [0, 0.1) is 0 Å². The van der Waals surface area contributed by atoms with Gasteiger partial charge in [0.25, 0.3) is 5.89 Å². The highest BCUT2D eigenvalue weighted by Crippen LogP contribution is 2.18. The summed E-state index contributed by atoms with van der Waals surface area (Å²) in [6.07, 6.45) is 1.69. The quantitative estimate of drug-likeness (QED) is 0.278. The van der Waals surface area contributed by atoms with Crippen LogP contribution in [-0.4, -0.2) is 59.8 Å². The number of aromatic nitrogens is 2. The molecule has 8 heteroatoms. The van der Waals surface area contributed by atoms with E-state index in [9.17, 15) is 0 Å². The molecule has 0 radical (unpaired) electrons. The Bertz CT molecular complexity index is 749. The average Bonchev–Trinajstić information content (AvgIpc) is 3.19. The fourth-order valence-corrected chi connectivity index (χ4v) is 3.29. The average molecular weight is 528 g/mol. The zero-order valence-corrected chi connectivity index (χ0v) is 21.4. The molecule has 0 saturated carbocycles. The smallest absolute Gasteiger partial charge is 0.257 e. The van der Waals surface area contributed by atoms with Gasteiger partial charge in [0.1, 0.15) is 0 Å². The summed E-state index contributed by atoms with van der Waals surface area (Å²) in [5, 5.41) is 10.7. The molecule has 0 aliphatic carbocycles. The number of aryl methyl sites for hydroxylation is 1. The summed E-state index contributed by atoms with van der Waals surface area (Å²) in [5.74, 6) is 2.15. The SMILES string of the molecule is CCc1noc(-c2ccc(CCNC(=NC)NCCN(C(C)C)C(C)C)cc2)n1.I. The van der Waals surface area contributed by atoms with Crippen molar-refractivity contribution in [1.29, 1.82) is 0 Å². The molecule has 0 spiro atoms. The first kappa shape index (κ1) is 26.4. The molecule has 168 valence electrons. The summed E-state index contributed by atoms with van der Waals surface area (Å²) >= 11 is 0. The Morgan fingerprint density at radius 1 is 1.07 bits per heavy atom. The molecule has 2 rings (SSSR count). The predicted octanol–water partition coefficient (Wildman–Crippen LogP) is 3.74. The molecule has 0 aliphatic rings. The van der Waals surface area contributed by atoms with Crippen LogP contribution in [-0.2, 0) is 12.8 Å². The molecule has 0 atom stereocenters. The highest BCUT2D eigenvalue weighted by Gasteiger charge is 2.12. The van der Waals surface area contributed by atoms with Crippen molar-refractivity contribution in [3.05, 3.63) is 35.7 Å². The van der Waals surface area contributed by atoms with E-state index >= 15 is 0 Å². The predicted molar refractivity (Wildman–Crippen MR) is 135 cm³/mol. The van der Waals surface area contributed by atoms with Gasteiger partial charge >= 0.3 is 0 Å². The molecule has 0 amide bonds. The van der Waals surface area contributed by atoms with Gasteiger partial charge in [0.15, 0.2) is 11.8 Å². The molecule has 0 bridgehead atoms. The molecule has 2 N–H and O–H groups in total. The maximum Gasteiger partial charge on any atom is 0.257 e. The van der Waals surface area contributed by atoms with Gasteiger partial charge in [-0.05, 0) is 51.8 Å². The largest absolute Gasteiger partial charge is 0.356 e. The van der Waals surface area contributed by atoms with E-state index in [0.717, 1.165) is 49.8 Å². The molecule has 0 aliphatic heterocycles. The van der Waals surface area contributed by atoms with Crippen LogP contribution in [0.5, 0.6) is 0 Å². The summed E-state index contributed by atoms with van der Waals surface area (Å²) in [5.41, 5.74) is 2.20. The Hall–Kier alpha value is -1.68. The fraction of sp³-hybridized carbons (Fsp3) is 0.591. The minimum Gasteiger partial charge on any atom is -0.356 e. The zero-order valence-electron chi connectivity index (χ0n) is 19.1. The van der Waals surface area contributed by atoms with Crippen LogP contribution in [0.3, 0.4) is 0 Å². The number of hydrogen-bond donors (Lipinski definition) is 2. The van der Waals surface area contributed by atoms with Gasteiger partial charge in [-0.2, -0.15) is 4.98 Å². The van der Waals surface area contributed by atoms with Crippen molar-refractivity contribution in [3.63, 3.8) is 0 Å². The molecule has 0 saturated heterocycles. The van der Waals surface area contributed by atoms with Gasteiger partial charge in [-0.15, -0.1) is 24.0 Å². The van der Waals surface area contributed by atoms with Crippen LogP contribution in [0.15, 0.2) is 33.8 Å². The fourth-order valence-electron chi connectivity index (χ4n) is 3.29. The Kier molecular flexibility index (Phi) is 11.9. The molecule has 1 heterocycles. The van der Waals surface area contributed by atoms with Crippen molar-refractivity contribution in [1.82, 2.24) is 25.7 Å². The number of hydrogen-bond acceptors (Lipinski definition) is 5. The van der Waals surface area contributed by atoms with E-state index in [2.05, 4.69) is 70.5 Å². The van der Waals surface area contributed by atoms with Crippen LogP contribution in [0.25, 0.3) is 11.5 Å². The number of nitrogens with one attached hydrogen (secondary N) is 2. The number of aliphatic imine (C=N–C) groups is 1. The monoisotopic (exact) mass is 528 g/mol. The number of benzene rings is 1. The van der Waals surface area contributed by atoms with Gasteiger partial charge in [0, 0.05) is 50.7 Å². The Morgan fingerprint density at radius 3 is 2.23 bits per heavy atom. The van der Waals surface area contributed by atoms with Gasteiger partial charge in [-0.3, -0.25) is 9.89 Å². The highest BCUT2D eigenvalue weighted by molar-refractivity contribution is 14.0. The van der Waals surface area contributed by atoms with Crippen LogP contribution >= 0.6 is 24.0 Å². The lowest BCUT2D eigenvalue weighted by atomic mass is 10.1. The van der Waals surface area contributed by atoms with E-state index in [0.29, 0.717) is 18.0 Å². The number of rotatable bonds is 10. The number of halogens is 1. The molecule has 2 aromatic rings. The van der Waals surface area contributed by atoms with Gasteiger partial charge < -0.3 is 15.2 Å². The summed E-state index contributed by atoms with van der Waals surface area (Å²) in [4.78, 5) is 11.2. The lowest BCUT2D eigenvalue weighted by Crippen LogP contribution is -2.45. The van der Waals surface area contributed by atoms with Gasteiger partial charge in [0.2, 0.25) is 0 Å². The minimum atomic E-state index is 0. The highest BCUT2D eigenvalue weighted by atomic mass is 127. The lowest BCUT2D eigenvalue weighted by Gasteiger charge is -2.30. The maximum atomic E-state index is 5.29. The second kappa shape index (κ2) is 13.6. The molecule has 7 nitrogen and oxygen atoms in total. The van der Waals surface area contributed by atoms with Crippen molar-refractivity contribution in [2.75, 3.05) is 26.7 Å². The van der Waals surface area contributed by atoms with Gasteiger partial charge in [-0.1, -0.05) is 24.2 Å². The van der Waals surface area contributed by atoms with Gasteiger partial charge in [0.05, 0.1) is 0 Å². The van der Waals surface area contributed by atoms with Crippen LogP contribution in [0.1, 0.15) is 46.0 Å². The molecular formula is C22H37IN6O. The Labute approximate surface area is 198 Å². The summed E-state index contributed by atoms with van der Waals surface area (Å²) in [7, 11) is 1.81. The molecule has 0 fully saturated rings. The molecule has 1 aromatic heterocycles. The molecular weight excluding hydrogens is 491 g/mol. The Balaban J connectivity index is 0.00000450. The van der Waals surface area contributed by atoms with Crippen molar-refractivity contribution in [2.24, 2.45) is 4.99 Å². The maximum absolute atomic E-state index is 5.29. The van der Waals surface area contributed by atoms with Crippen LogP contribution < -0.4 is 10.6 Å². The minimum absolute atomic E-state index is 0. The second-order valence-corrected chi connectivity index (χ2v) is 7.67. The first-order chi connectivity index (χ1) is 13.9. The molecule has 0 unspecified atom stereocenters. The third-order valence-electron chi connectivity index (χ3n) is 4.90. The first-order valence-corrected chi connectivity index (χ1v) is 10.6. The van der Waals surface area contributed by atoms with Crippen LogP contribution in [0.4, 0.5) is 0 Å². The Morgan fingerprint density at radius 2 is 1.70 bits per heavy atom. The van der Waals surface area contributed by atoms with E-state index in [1.165, 1.54) is 5.56 Å². The van der Waals surface area contributed by atoms with Crippen molar-refractivity contribution < 1.29 is 4.52 Å². The van der Waals surface area contributed by atoms with Crippen molar-refractivity contribution in [3.8, 4) is 11.5 Å². The van der Waals surface area contributed by atoms with E-state index in [1.54, 1.807) is 0 Å².